The number of aromatic nitrogens is 1. The first-order valence-corrected chi connectivity index (χ1v) is 7.34. The molecule has 1 aliphatic heterocycles. The van der Waals surface area contributed by atoms with Gasteiger partial charge in [0.25, 0.3) is 0 Å². The van der Waals surface area contributed by atoms with Gasteiger partial charge in [-0.2, -0.15) is 0 Å². The molecular weight excluding hydrogens is 255 g/mol. The number of rotatable bonds is 4. The lowest BCUT2D eigenvalue weighted by molar-refractivity contribution is 0.207. The van der Waals surface area contributed by atoms with Gasteiger partial charge in [0.2, 0.25) is 0 Å². The SMILES string of the molecule is [CH2]CCCN1CCC(c2noc3cc(F)ccc23)CC1. The van der Waals surface area contributed by atoms with Gasteiger partial charge in [0.1, 0.15) is 5.82 Å². The number of hydrogen-bond acceptors (Lipinski definition) is 3. The summed E-state index contributed by atoms with van der Waals surface area (Å²) in [5, 5.41) is 5.14. The Morgan fingerprint density at radius 2 is 2.15 bits per heavy atom. The van der Waals surface area contributed by atoms with E-state index in [-0.39, 0.29) is 5.82 Å². The minimum atomic E-state index is -0.275. The Hall–Kier alpha value is -1.42. The molecule has 3 rings (SSSR count). The standard InChI is InChI=1S/C16H20FN2O/c1-2-3-8-19-9-6-12(7-10-19)16-14-5-4-13(17)11-15(14)20-18-16/h4-5,11-12H,1-3,6-10H2. The highest BCUT2D eigenvalue weighted by Crippen LogP contribution is 2.32. The van der Waals surface area contributed by atoms with Crippen LogP contribution in [0.1, 0.15) is 37.3 Å². The molecule has 0 spiro atoms. The number of nitrogens with zero attached hydrogens (tertiary/aromatic N) is 2. The number of halogens is 1. The molecule has 0 bridgehead atoms. The van der Waals surface area contributed by atoms with E-state index in [1.54, 1.807) is 6.07 Å². The molecule has 1 radical (unpaired) electrons. The summed E-state index contributed by atoms with van der Waals surface area (Å²) in [7, 11) is 0. The number of benzene rings is 1. The fourth-order valence-electron chi connectivity index (χ4n) is 2.99. The first kappa shape index (κ1) is 13.6. The van der Waals surface area contributed by atoms with Crippen LogP contribution in [0.2, 0.25) is 0 Å². The topological polar surface area (TPSA) is 29.3 Å². The molecule has 1 aromatic heterocycles. The lowest BCUT2D eigenvalue weighted by Gasteiger charge is -2.31. The molecule has 3 nitrogen and oxygen atoms in total. The Balaban J connectivity index is 1.70. The third kappa shape index (κ3) is 2.70. The van der Waals surface area contributed by atoms with E-state index >= 15 is 0 Å². The zero-order valence-electron chi connectivity index (χ0n) is 11.6. The van der Waals surface area contributed by atoms with E-state index in [2.05, 4.69) is 17.0 Å². The summed E-state index contributed by atoms with van der Waals surface area (Å²) in [6.07, 6.45) is 4.35. The Kier molecular flexibility index (Phi) is 4.01. The van der Waals surface area contributed by atoms with Crippen LogP contribution >= 0.6 is 0 Å². The van der Waals surface area contributed by atoms with E-state index in [4.69, 9.17) is 4.52 Å². The van der Waals surface area contributed by atoms with Crippen molar-refractivity contribution >= 4 is 11.0 Å². The first-order valence-electron chi connectivity index (χ1n) is 7.34. The average molecular weight is 275 g/mol. The second-order valence-electron chi connectivity index (χ2n) is 5.53. The van der Waals surface area contributed by atoms with Crippen LogP contribution in [0, 0.1) is 12.7 Å². The number of piperidine rings is 1. The van der Waals surface area contributed by atoms with Gasteiger partial charge >= 0.3 is 0 Å². The van der Waals surface area contributed by atoms with E-state index in [0.717, 1.165) is 56.4 Å². The zero-order chi connectivity index (χ0) is 13.9. The van der Waals surface area contributed by atoms with E-state index in [0.29, 0.717) is 11.5 Å². The van der Waals surface area contributed by atoms with Crippen molar-refractivity contribution in [3.05, 3.63) is 36.6 Å². The lowest BCUT2D eigenvalue weighted by atomic mass is 9.91. The molecule has 1 aromatic carbocycles. The summed E-state index contributed by atoms with van der Waals surface area (Å²) in [5.74, 6) is 0.154. The number of hydrogen-bond donors (Lipinski definition) is 0. The maximum absolute atomic E-state index is 13.2. The van der Waals surface area contributed by atoms with Gasteiger partial charge in [-0.05, 0) is 51.0 Å². The highest BCUT2D eigenvalue weighted by molar-refractivity contribution is 5.79. The summed E-state index contributed by atoms with van der Waals surface area (Å²) in [6.45, 7) is 7.22. The summed E-state index contributed by atoms with van der Waals surface area (Å²) < 4.78 is 18.4. The van der Waals surface area contributed by atoms with Crippen molar-refractivity contribution in [2.75, 3.05) is 19.6 Å². The highest BCUT2D eigenvalue weighted by atomic mass is 19.1. The van der Waals surface area contributed by atoms with Gasteiger partial charge in [0.15, 0.2) is 5.58 Å². The van der Waals surface area contributed by atoms with Crippen LogP contribution in [0.15, 0.2) is 22.7 Å². The van der Waals surface area contributed by atoms with Gasteiger partial charge in [-0.25, -0.2) is 4.39 Å². The molecule has 2 heterocycles. The molecule has 0 amide bonds. The van der Waals surface area contributed by atoms with Gasteiger partial charge in [-0.15, -0.1) is 0 Å². The smallest absolute Gasteiger partial charge is 0.170 e. The monoisotopic (exact) mass is 275 g/mol. The molecule has 0 saturated carbocycles. The molecule has 1 aliphatic rings. The minimum absolute atomic E-state index is 0.275. The predicted octanol–water partition coefficient (Wildman–Crippen LogP) is 3.76. The molecule has 0 N–H and O–H groups in total. The molecule has 4 heteroatoms. The van der Waals surface area contributed by atoms with Gasteiger partial charge in [-0.3, -0.25) is 0 Å². The summed E-state index contributed by atoms with van der Waals surface area (Å²) >= 11 is 0. The second kappa shape index (κ2) is 5.92. The van der Waals surface area contributed by atoms with Crippen LogP contribution in [0.25, 0.3) is 11.0 Å². The van der Waals surface area contributed by atoms with Gasteiger partial charge in [0.05, 0.1) is 5.69 Å². The number of unbranched alkanes of at least 4 members (excludes halogenated alkanes) is 1. The van der Waals surface area contributed by atoms with Crippen LogP contribution < -0.4 is 0 Å². The van der Waals surface area contributed by atoms with Crippen LogP contribution in [-0.2, 0) is 0 Å². The van der Waals surface area contributed by atoms with Crippen LogP contribution in [0.3, 0.4) is 0 Å². The summed E-state index contributed by atoms with van der Waals surface area (Å²) in [6, 6.07) is 4.67. The number of likely N-dealkylation sites (tertiary alicyclic amines) is 1. The predicted molar refractivity (Wildman–Crippen MR) is 77.0 cm³/mol. The maximum Gasteiger partial charge on any atom is 0.170 e. The Morgan fingerprint density at radius 3 is 2.90 bits per heavy atom. The van der Waals surface area contributed by atoms with Crippen LogP contribution in [-0.4, -0.2) is 29.7 Å². The van der Waals surface area contributed by atoms with Crippen LogP contribution in [0.5, 0.6) is 0 Å². The third-order valence-electron chi connectivity index (χ3n) is 4.16. The molecule has 107 valence electrons. The van der Waals surface area contributed by atoms with E-state index in [1.807, 2.05) is 0 Å². The Bertz CT molecular complexity index is 573. The summed E-state index contributed by atoms with van der Waals surface area (Å²) in [5.41, 5.74) is 1.55. The van der Waals surface area contributed by atoms with Crippen molar-refractivity contribution in [3.8, 4) is 0 Å². The zero-order valence-corrected chi connectivity index (χ0v) is 11.6. The van der Waals surface area contributed by atoms with Crippen molar-refractivity contribution in [2.24, 2.45) is 0 Å². The third-order valence-corrected chi connectivity index (χ3v) is 4.16. The molecule has 0 unspecified atom stereocenters. The van der Waals surface area contributed by atoms with E-state index < -0.39 is 0 Å². The fraction of sp³-hybridized carbons (Fsp3) is 0.500. The largest absolute Gasteiger partial charge is 0.356 e. The van der Waals surface area contributed by atoms with E-state index in [1.165, 1.54) is 12.1 Å². The first-order chi connectivity index (χ1) is 9.78. The quantitative estimate of drug-likeness (QED) is 0.850. The van der Waals surface area contributed by atoms with Crippen molar-refractivity contribution in [3.63, 3.8) is 0 Å². The molecule has 2 aromatic rings. The normalized spacial score (nSPS) is 17.9. The van der Waals surface area contributed by atoms with Gasteiger partial charge < -0.3 is 9.42 Å². The van der Waals surface area contributed by atoms with Crippen molar-refractivity contribution in [1.82, 2.24) is 10.1 Å². The molecule has 0 aliphatic carbocycles. The Morgan fingerprint density at radius 1 is 1.35 bits per heavy atom. The van der Waals surface area contributed by atoms with Crippen molar-refractivity contribution in [1.29, 1.82) is 0 Å². The lowest BCUT2D eigenvalue weighted by Crippen LogP contribution is -2.33. The Labute approximate surface area is 118 Å². The fourth-order valence-corrected chi connectivity index (χ4v) is 2.99. The maximum atomic E-state index is 13.2. The van der Waals surface area contributed by atoms with Gasteiger partial charge in [-0.1, -0.05) is 18.5 Å². The summed E-state index contributed by atoms with van der Waals surface area (Å²) in [4.78, 5) is 2.49. The average Bonchev–Trinajstić information content (AvgIpc) is 2.88. The van der Waals surface area contributed by atoms with Crippen molar-refractivity contribution < 1.29 is 8.91 Å². The van der Waals surface area contributed by atoms with Crippen molar-refractivity contribution in [2.45, 2.75) is 31.6 Å². The molecule has 20 heavy (non-hydrogen) atoms. The molecular formula is C16H20FN2O. The minimum Gasteiger partial charge on any atom is -0.356 e. The number of fused-ring (bicyclic) bond motifs is 1. The molecule has 1 fully saturated rings. The second-order valence-corrected chi connectivity index (χ2v) is 5.53. The van der Waals surface area contributed by atoms with Crippen LogP contribution in [0.4, 0.5) is 4.39 Å². The highest BCUT2D eigenvalue weighted by Gasteiger charge is 2.24. The van der Waals surface area contributed by atoms with Gasteiger partial charge in [0, 0.05) is 17.4 Å². The van der Waals surface area contributed by atoms with E-state index in [9.17, 15) is 4.39 Å². The molecule has 0 atom stereocenters. The molecule has 1 saturated heterocycles.